The summed E-state index contributed by atoms with van der Waals surface area (Å²) < 4.78 is 0. The minimum absolute atomic E-state index is 0.454. The van der Waals surface area contributed by atoms with Gasteiger partial charge in [-0.2, -0.15) is 0 Å². The molecule has 2 rings (SSSR count). The van der Waals surface area contributed by atoms with Gasteiger partial charge in [-0.3, -0.25) is 4.99 Å². The zero-order valence-corrected chi connectivity index (χ0v) is 14.7. The van der Waals surface area contributed by atoms with Crippen molar-refractivity contribution in [2.24, 2.45) is 4.99 Å². The molecule has 0 bridgehead atoms. The van der Waals surface area contributed by atoms with Crippen LogP contribution in [-0.2, 0) is 0 Å². The highest BCUT2D eigenvalue weighted by molar-refractivity contribution is 5.80. The van der Waals surface area contributed by atoms with E-state index < -0.39 is 0 Å². The Morgan fingerprint density at radius 2 is 2.13 bits per heavy atom. The fourth-order valence-corrected chi connectivity index (χ4v) is 2.80. The van der Waals surface area contributed by atoms with Crippen molar-refractivity contribution >= 4 is 11.6 Å². The maximum absolute atomic E-state index is 4.65. The minimum Gasteiger partial charge on any atom is -0.369 e. The molecular weight excluding hydrogens is 284 g/mol. The van der Waals surface area contributed by atoms with Crippen LogP contribution in [0.2, 0.25) is 0 Å². The van der Waals surface area contributed by atoms with Gasteiger partial charge in [0, 0.05) is 37.9 Å². The molecule has 1 aromatic carbocycles. The van der Waals surface area contributed by atoms with Crippen molar-refractivity contribution in [3.05, 3.63) is 42.0 Å². The monoisotopic (exact) mass is 314 g/mol. The van der Waals surface area contributed by atoms with Crippen LogP contribution in [-0.4, -0.2) is 38.2 Å². The van der Waals surface area contributed by atoms with E-state index in [1.165, 1.54) is 11.3 Å². The summed E-state index contributed by atoms with van der Waals surface area (Å²) in [4.78, 5) is 7.09. The average molecular weight is 314 g/mol. The molecule has 0 amide bonds. The summed E-state index contributed by atoms with van der Waals surface area (Å²) >= 11 is 0. The molecule has 1 atom stereocenters. The number of hydrogen-bond acceptors (Lipinski definition) is 2. The number of aryl methyl sites for hydroxylation is 1. The largest absolute Gasteiger partial charge is 0.369 e. The van der Waals surface area contributed by atoms with Crippen LogP contribution < -0.4 is 15.5 Å². The molecule has 1 heterocycles. The summed E-state index contributed by atoms with van der Waals surface area (Å²) in [6.07, 6.45) is 6.37. The van der Waals surface area contributed by atoms with Gasteiger partial charge in [0.25, 0.3) is 0 Å². The summed E-state index contributed by atoms with van der Waals surface area (Å²) in [5, 5.41) is 6.92. The minimum atomic E-state index is 0.454. The first-order valence-electron chi connectivity index (χ1n) is 8.70. The van der Waals surface area contributed by atoms with Crippen LogP contribution in [0, 0.1) is 6.92 Å². The van der Waals surface area contributed by atoms with E-state index in [1.807, 2.05) is 6.92 Å². The summed E-state index contributed by atoms with van der Waals surface area (Å²) in [6.45, 7) is 10.1. The van der Waals surface area contributed by atoms with Crippen molar-refractivity contribution in [2.75, 3.05) is 31.1 Å². The van der Waals surface area contributed by atoms with Gasteiger partial charge in [0.1, 0.15) is 0 Å². The Labute approximate surface area is 140 Å². The highest BCUT2D eigenvalue weighted by atomic mass is 15.2. The first kappa shape index (κ1) is 17.4. The third-order valence-corrected chi connectivity index (χ3v) is 4.07. The van der Waals surface area contributed by atoms with Crippen LogP contribution in [0.5, 0.6) is 0 Å². The van der Waals surface area contributed by atoms with Crippen molar-refractivity contribution in [1.29, 1.82) is 0 Å². The zero-order chi connectivity index (χ0) is 16.5. The van der Waals surface area contributed by atoms with Crippen LogP contribution in [0.4, 0.5) is 5.69 Å². The first-order chi connectivity index (χ1) is 11.2. The Hall–Kier alpha value is -1.97. The lowest BCUT2D eigenvalue weighted by Crippen LogP contribution is -2.44. The van der Waals surface area contributed by atoms with E-state index in [-0.39, 0.29) is 0 Å². The number of allylic oxidation sites excluding steroid dienone is 1. The van der Waals surface area contributed by atoms with Gasteiger partial charge < -0.3 is 15.5 Å². The van der Waals surface area contributed by atoms with Gasteiger partial charge in [0.05, 0.1) is 0 Å². The molecule has 1 fully saturated rings. The van der Waals surface area contributed by atoms with Crippen LogP contribution in [0.1, 0.15) is 32.3 Å². The lowest BCUT2D eigenvalue weighted by molar-refractivity contribution is 0.649. The molecule has 4 heteroatoms. The van der Waals surface area contributed by atoms with Gasteiger partial charge in [-0.25, -0.2) is 0 Å². The molecule has 4 nitrogen and oxygen atoms in total. The molecule has 1 aliphatic heterocycles. The van der Waals surface area contributed by atoms with Crippen LogP contribution in [0.25, 0.3) is 0 Å². The lowest BCUT2D eigenvalue weighted by Gasteiger charge is -2.20. The predicted octanol–water partition coefficient (Wildman–Crippen LogP) is 3.10. The molecule has 1 aromatic rings. The Morgan fingerprint density at radius 1 is 1.35 bits per heavy atom. The molecular formula is C19H30N4. The van der Waals surface area contributed by atoms with Crippen molar-refractivity contribution in [1.82, 2.24) is 10.6 Å². The number of hydrogen-bond donors (Lipinski definition) is 2. The quantitative estimate of drug-likeness (QED) is 0.367. The normalized spacial score (nSPS) is 18.7. The van der Waals surface area contributed by atoms with Gasteiger partial charge in [0.15, 0.2) is 5.96 Å². The number of rotatable bonds is 6. The third kappa shape index (κ3) is 5.62. The van der Waals surface area contributed by atoms with Crippen molar-refractivity contribution < 1.29 is 0 Å². The smallest absolute Gasteiger partial charge is 0.191 e. The van der Waals surface area contributed by atoms with Gasteiger partial charge in [-0.1, -0.05) is 29.8 Å². The van der Waals surface area contributed by atoms with E-state index in [9.17, 15) is 0 Å². The van der Waals surface area contributed by atoms with Crippen molar-refractivity contribution in [2.45, 2.75) is 39.7 Å². The third-order valence-electron chi connectivity index (χ3n) is 4.07. The Kier molecular flexibility index (Phi) is 6.98. The molecule has 0 saturated carbocycles. The molecule has 0 radical (unpaired) electrons. The molecule has 23 heavy (non-hydrogen) atoms. The summed E-state index contributed by atoms with van der Waals surface area (Å²) in [5.41, 5.74) is 2.63. The SMILES string of the molecule is C/C=C/CCN=C(NCC)NC1CCN(c2ccc(C)cc2)C1. The number of aliphatic imine (C=N–C) groups is 1. The van der Waals surface area contributed by atoms with Crippen LogP contribution in [0.3, 0.4) is 0 Å². The number of nitrogens with zero attached hydrogens (tertiary/aromatic N) is 2. The number of nitrogens with one attached hydrogen (secondary N) is 2. The standard InChI is InChI=1S/C19H30N4/c1-4-6-7-13-21-19(20-5-2)22-17-12-14-23(15-17)18-10-8-16(3)9-11-18/h4,6,8-11,17H,5,7,12-15H2,1-3H3,(H2,20,21,22)/b6-4+. The van der Waals surface area contributed by atoms with E-state index in [2.05, 4.69) is 70.8 Å². The van der Waals surface area contributed by atoms with E-state index in [4.69, 9.17) is 0 Å². The molecule has 2 N–H and O–H groups in total. The average Bonchev–Trinajstić information content (AvgIpc) is 3.01. The lowest BCUT2D eigenvalue weighted by atomic mass is 10.2. The Balaban J connectivity index is 1.87. The fourth-order valence-electron chi connectivity index (χ4n) is 2.80. The van der Waals surface area contributed by atoms with Crippen LogP contribution >= 0.6 is 0 Å². The summed E-state index contributed by atoms with van der Waals surface area (Å²) in [7, 11) is 0. The molecule has 1 unspecified atom stereocenters. The number of benzene rings is 1. The van der Waals surface area contributed by atoms with Gasteiger partial charge >= 0.3 is 0 Å². The highest BCUT2D eigenvalue weighted by Gasteiger charge is 2.23. The first-order valence-corrected chi connectivity index (χ1v) is 8.70. The number of guanidine groups is 1. The Morgan fingerprint density at radius 3 is 2.83 bits per heavy atom. The van der Waals surface area contributed by atoms with E-state index >= 15 is 0 Å². The highest BCUT2D eigenvalue weighted by Crippen LogP contribution is 2.20. The molecule has 1 aliphatic rings. The van der Waals surface area contributed by atoms with Gasteiger partial charge in [0.2, 0.25) is 0 Å². The van der Waals surface area contributed by atoms with Gasteiger partial charge in [-0.15, -0.1) is 0 Å². The predicted molar refractivity (Wildman–Crippen MR) is 100 cm³/mol. The molecule has 0 spiro atoms. The molecule has 0 aromatic heterocycles. The maximum atomic E-state index is 4.65. The van der Waals surface area contributed by atoms with E-state index in [1.54, 1.807) is 0 Å². The maximum Gasteiger partial charge on any atom is 0.191 e. The Bertz CT molecular complexity index is 519. The van der Waals surface area contributed by atoms with Crippen molar-refractivity contribution in [3.8, 4) is 0 Å². The molecule has 126 valence electrons. The second-order valence-corrected chi connectivity index (χ2v) is 6.03. The second kappa shape index (κ2) is 9.23. The summed E-state index contributed by atoms with van der Waals surface area (Å²) in [6, 6.07) is 9.25. The van der Waals surface area contributed by atoms with Crippen molar-refractivity contribution in [3.63, 3.8) is 0 Å². The van der Waals surface area contributed by atoms with Crippen LogP contribution in [0.15, 0.2) is 41.4 Å². The topological polar surface area (TPSA) is 39.7 Å². The number of anilines is 1. The van der Waals surface area contributed by atoms with E-state index in [0.717, 1.165) is 45.0 Å². The summed E-state index contributed by atoms with van der Waals surface area (Å²) in [5.74, 6) is 0.938. The fraction of sp³-hybridized carbons (Fsp3) is 0.526. The zero-order valence-electron chi connectivity index (χ0n) is 14.7. The molecule has 0 aliphatic carbocycles. The van der Waals surface area contributed by atoms with E-state index in [0.29, 0.717) is 6.04 Å². The van der Waals surface area contributed by atoms with Gasteiger partial charge in [-0.05, 0) is 45.7 Å². The molecule has 1 saturated heterocycles. The second-order valence-electron chi connectivity index (χ2n) is 6.03.